The van der Waals surface area contributed by atoms with E-state index in [9.17, 15) is 14.3 Å². The van der Waals surface area contributed by atoms with Gasteiger partial charge in [-0.2, -0.15) is 0 Å². The van der Waals surface area contributed by atoms with Gasteiger partial charge in [-0.15, -0.1) is 0 Å². The first kappa shape index (κ1) is 23.4. The fourth-order valence-electron chi connectivity index (χ4n) is 3.80. The van der Waals surface area contributed by atoms with Crippen LogP contribution in [0.4, 0.5) is 4.39 Å². The maximum Gasteiger partial charge on any atom is 0.306 e. The molecule has 1 saturated carbocycles. The largest absolute Gasteiger partial charge is 0.506 e. The number of hydrogen-bond acceptors (Lipinski definition) is 8. The van der Waals surface area contributed by atoms with E-state index in [1.54, 1.807) is 13.0 Å². The van der Waals surface area contributed by atoms with Crippen LogP contribution in [0.25, 0.3) is 11.3 Å². The molecule has 178 valence electrons. The minimum atomic E-state index is -0.519. The van der Waals surface area contributed by atoms with E-state index in [1.165, 1.54) is 43.9 Å². The molecule has 1 N–H and O–H groups in total. The summed E-state index contributed by atoms with van der Waals surface area (Å²) in [6.07, 6.45) is 5.29. The first-order chi connectivity index (χ1) is 16.5. The summed E-state index contributed by atoms with van der Waals surface area (Å²) in [5.74, 6) is 0.229. The van der Waals surface area contributed by atoms with Crippen LogP contribution in [-0.2, 0) is 16.1 Å². The number of halogens is 1. The second kappa shape index (κ2) is 10.5. The zero-order chi connectivity index (χ0) is 24.1. The predicted octanol–water partition coefficient (Wildman–Crippen LogP) is 4.42. The molecule has 0 spiro atoms. The van der Waals surface area contributed by atoms with Crippen LogP contribution in [0.3, 0.4) is 0 Å². The van der Waals surface area contributed by atoms with Gasteiger partial charge in [0.1, 0.15) is 35.9 Å². The molecule has 1 aliphatic rings. The fourth-order valence-corrected chi connectivity index (χ4v) is 3.80. The molecule has 1 aliphatic carbocycles. The van der Waals surface area contributed by atoms with Gasteiger partial charge in [-0.1, -0.05) is 0 Å². The number of aromatic hydroxyl groups is 1. The Morgan fingerprint density at radius 3 is 2.74 bits per heavy atom. The molecule has 1 atom stereocenters. The summed E-state index contributed by atoms with van der Waals surface area (Å²) in [5.41, 5.74) is 1.56. The van der Waals surface area contributed by atoms with Crippen molar-refractivity contribution >= 4 is 5.97 Å². The molecule has 0 amide bonds. The maximum absolute atomic E-state index is 14.3. The third-order valence-electron chi connectivity index (χ3n) is 5.67. The molecular formula is C25H26FN3O5. The van der Waals surface area contributed by atoms with Gasteiger partial charge in [-0.3, -0.25) is 9.78 Å². The minimum Gasteiger partial charge on any atom is -0.506 e. The Morgan fingerprint density at radius 1 is 1.21 bits per heavy atom. The van der Waals surface area contributed by atoms with Gasteiger partial charge >= 0.3 is 5.97 Å². The minimum absolute atomic E-state index is 0.0350. The van der Waals surface area contributed by atoms with Crippen LogP contribution >= 0.6 is 0 Å². The molecule has 0 bridgehead atoms. The van der Waals surface area contributed by atoms with Crippen LogP contribution in [0.2, 0.25) is 0 Å². The van der Waals surface area contributed by atoms with E-state index in [0.29, 0.717) is 29.7 Å². The first-order valence-corrected chi connectivity index (χ1v) is 11.1. The summed E-state index contributed by atoms with van der Waals surface area (Å²) in [7, 11) is 1.48. The highest BCUT2D eigenvalue weighted by atomic mass is 19.1. The fraction of sp³-hybridized carbons (Fsp3) is 0.360. The summed E-state index contributed by atoms with van der Waals surface area (Å²) in [5, 5.41) is 10.4. The average molecular weight is 467 g/mol. The highest BCUT2D eigenvalue weighted by Crippen LogP contribution is 2.44. The highest BCUT2D eigenvalue weighted by molar-refractivity contribution is 5.70. The van der Waals surface area contributed by atoms with Gasteiger partial charge in [0.15, 0.2) is 0 Å². The number of carbonyl (C=O) groups excluding carboxylic acids is 1. The van der Waals surface area contributed by atoms with E-state index >= 15 is 0 Å². The summed E-state index contributed by atoms with van der Waals surface area (Å²) >= 11 is 0. The Morgan fingerprint density at radius 2 is 2.03 bits per heavy atom. The van der Waals surface area contributed by atoms with Crippen LogP contribution in [-0.4, -0.2) is 39.7 Å². The second-order valence-corrected chi connectivity index (χ2v) is 8.08. The number of esters is 1. The lowest BCUT2D eigenvalue weighted by Crippen LogP contribution is -2.13. The number of benzene rings is 1. The van der Waals surface area contributed by atoms with Crippen molar-refractivity contribution in [2.45, 2.75) is 38.7 Å². The molecule has 1 unspecified atom stereocenters. The molecule has 4 rings (SSSR count). The number of pyridine rings is 1. The Hall–Kier alpha value is -3.75. The first-order valence-electron chi connectivity index (χ1n) is 11.1. The topological polar surface area (TPSA) is 104 Å². The van der Waals surface area contributed by atoms with Crippen molar-refractivity contribution in [3.05, 3.63) is 59.9 Å². The number of ether oxygens (including phenoxy) is 3. The van der Waals surface area contributed by atoms with Gasteiger partial charge in [-0.05, 0) is 49.9 Å². The molecule has 0 aliphatic heterocycles. The smallest absolute Gasteiger partial charge is 0.306 e. The zero-order valence-corrected chi connectivity index (χ0v) is 19.0. The van der Waals surface area contributed by atoms with Gasteiger partial charge in [-0.25, -0.2) is 14.4 Å². The van der Waals surface area contributed by atoms with Crippen LogP contribution in [0.1, 0.15) is 43.4 Å². The lowest BCUT2D eigenvalue weighted by Gasteiger charge is -2.15. The monoisotopic (exact) mass is 467 g/mol. The van der Waals surface area contributed by atoms with Gasteiger partial charge in [0.25, 0.3) is 0 Å². The van der Waals surface area contributed by atoms with Crippen LogP contribution in [0, 0.1) is 11.7 Å². The van der Waals surface area contributed by atoms with Crippen molar-refractivity contribution in [2.24, 2.45) is 5.92 Å². The SMILES string of the molecule is CCOC(=O)CC(c1cc(OCc2cnc(-c3cc(OC)ccc3F)c(O)c2)ncn1)C1CC1. The van der Waals surface area contributed by atoms with Gasteiger partial charge < -0.3 is 19.3 Å². The van der Waals surface area contributed by atoms with Gasteiger partial charge in [0.05, 0.1) is 25.8 Å². The summed E-state index contributed by atoms with van der Waals surface area (Å²) < 4.78 is 30.3. The van der Waals surface area contributed by atoms with E-state index in [1.807, 2.05) is 0 Å². The van der Waals surface area contributed by atoms with Crippen molar-refractivity contribution < 1.29 is 28.5 Å². The molecule has 8 nitrogen and oxygen atoms in total. The van der Waals surface area contributed by atoms with Gasteiger partial charge in [0.2, 0.25) is 5.88 Å². The van der Waals surface area contributed by atoms with Crippen molar-refractivity contribution in [3.63, 3.8) is 0 Å². The molecule has 2 heterocycles. The lowest BCUT2D eigenvalue weighted by atomic mass is 9.95. The summed E-state index contributed by atoms with van der Waals surface area (Å²) in [4.78, 5) is 24.7. The van der Waals surface area contributed by atoms with Crippen LogP contribution in [0.15, 0.2) is 42.9 Å². The molecule has 2 aromatic heterocycles. The van der Waals surface area contributed by atoms with Crippen molar-refractivity contribution in [3.8, 4) is 28.6 Å². The van der Waals surface area contributed by atoms with Crippen molar-refractivity contribution in [1.29, 1.82) is 0 Å². The van der Waals surface area contributed by atoms with Crippen LogP contribution < -0.4 is 9.47 Å². The zero-order valence-electron chi connectivity index (χ0n) is 19.0. The number of carbonyl (C=O) groups is 1. The Balaban J connectivity index is 1.46. The molecule has 9 heteroatoms. The highest BCUT2D eigenvalue weighted by Gasteiger charge is 2.35. The quantitative estimate of drug-likeness (QED) is 0.437. The molecule has 3 aromatic rings. The van der Waals surface area contributed by atoms with E-state index < -0.39 is 5.82 Å². The van der Waals surface area contributed by atoms with E-state index in [2.05, 4.69) is 15.0 Å². The number of rotatable bonds is 10. The molecular weight excluding hydrogens is 441 g/mol. The van der Waals surface area contributed by atoms with Crippen molar-refractivity contribution in [1.82, 2.24) is 15.0 Å². The molecule has 34 heavy (non-hydrogen) atoms. The number of aromatic nitrogens is 3. The third-order valence-corrected chi connectivity index (χ3v) is 5.67. The van der Waals surface area contributed by atoms with E-state index in [4.69, 9.17) is 14.2 Å². The second-order valence-electron chi connectivity index (χ2n) is 8.08. The Kier molecular flexibility index (Phi) is 7.20. The van der Waals surface area contributed by atoms with E-state index in [0.717, 1.165) is 18.5 Å². The number of nitrogens with zero attached hydrogens (tertiary/aromatic N) is 3. The summed E-state index contributed by atoms with van der Waals surface area (Å²) in [6, 6.07) is 7.43. The number of hydrogen-bond donors (Lipinski definition) is 1. The summed E-state index contributed by atoms with van der Waals surface area (Å²) in [6.45, 7) is 2.22. The van der Waals surface area contributed by atoms with E-state index in [-0.39, 0.29) is 41.9 Å². The Bertz CT molecular complexity index is 1170. The molecule has 1 aromatic carbocycles. The average Bonchev–Trinajstić information content (AvgIpc) is 3.68. The van der Waals surface area contributed by atoms with Crippen molar-refractivity contribution in [2.75, 3.05) is 13.7 Å². The molecule has 0 saturated heterocycles. The maximum atomic E-state index is 14.3. The normalized spacial score (nSPS) is 13.9. The lowest BCUT2D eigenvalue weighted by molar-refractivity contribution is -0.143. The third kappa shape index (κ3) is 5.59. The number of methoxy groups -OCH3 is 1. The Labute approximate surface area is 196 Å². The van der Waals surface area contributed by atoms with Crippen LogP contribution in [0.5, 0.6) is 17.4 Å². The van der Waals surface area contributed by atoms with Gasteiger partial charge in [0, 0.05) is 29.3 Å². The predicted molar refractivity (Wildman–Crippen MR) is 121 cm³/mol. The molecule has 1 fully saturated rings. The standard InChI is InChI=1S/C25H26FN3O5/c1-3-33-24(31)10-18(16-4-5-16)21-11-23(29-14-28-21)34-13-15-8-22(30)25(27-12-15)19-9-17(32-2)6-7-20(19)26/h6-9,11-12,14,16,18,30H,3-5,10,13H2,1-2H3. The molecule has 0 radical (unpaired) electrons.